The summed E-state index contributed by atoms with van der Waals surface area (Å²) in [6, 6.07) is 3.22. The molecule has 2 aliphatic carbocycles. The first-order valence-corrected chi connectivity index (χ1v) is 10.6. The van der Waals surface area contributed by atoms with E-state index in [4.69, 9.17) is 11.2 Å². The van der Waals surface area contributed by atoms with E-state index in [9.17, 15) is 8.78 Å². The van der Waals surface area contributed by atoms with Gasteiger partial charge in [0.2, 0.25) is 5.82 Å². The minimum Gasteiger partial charge on any atom is -0.475 e. The summed E-state index contributed by atoms with van der Waals surface area (Å²) < 4.78 is 34.3. The van der Waals surface area contributed by atoms with Crippen molar-refractivity contribution in [3.8, 4) is 18.1 Å². The molecule has 2 fully saturated rings. The SMILES string of the molecule is C#CC(C)Oc1ccc(C2CCC(C3CCC(CC)CC3)CC2)c(F)c1F. The first kappa shape index (κ1) is 20.2. The molecule has 0 aliphatic heterocycles. The molecule has 1 aromatic carbocycles. The molecule has 0 heterocycles. The lowest BCUT2D eigenvalue weighted by Gasteiger charge is -2.38. The summed E-state index contributed by atoms with van der Waals surface area (Å²) in [4.78, 5) is 0. The molecule has 0 aromatic heterocycles. The van der Waals surface area contributed by atoms with E-state index in [1.165, 1.54) is 38.2 Å². The fraction of sp³-hybridized carbons (Fsp3) is 0.667. The van der Waals surface area contributed by atoms with Crippen molar-refractivity contribution in [2.24, 2.45) is 17.8 Å². The largest absolute Gasteiger partial charge is 0.475 e. The number of ether oxygens (including phenoxy) is 1. The van der Waals surface area contributed by atoms with E-state index < -0.39 is 17.7 Å². The lowest BCUT2D eigenvalue weighted by Crippen LogP contribution is -2.25. The van der Waals surface area contributed by atoms with Crippen molar-refractivity contribution in [1.29, 1.82) is 0 Å². The molecule has 0 spiro atoms. The third-order valence-electron chi connectivity index (χ3n) is 6.96. The van der Waals surface area contributed by atoms with E-state index in [-0.39, 0.29) is 11.7 Å². The Hall–Kier alpha value is -1.56. The van der Waals surface area contributed by atoms with Gasteiger partial charge in [0.05, 0.1) is 0 Å². The normalized spacial score (nSPS) is 29.7. The highest BCUT2D eigenvalue weighted by molar-refractivity contribution is 5.34. The standard InChI is InChI=1S/C24H32F2O/c1-4-16(3)27-22-15-14-21(23(25)24(22)26)20-12-10-19(11-13-20)18-8-6-17(5-2)7-9-18/h1,14-20H,5-13H2,2-3H3. The van der Waals surface area contributed by atoms with Crippen LogP contribution in [-0.2, 0) is 0 Å². The van der Waals surface area contributed by atoms with Crippen molar-refractivity contribution in [1.82, 2.24) is 0 Å². The van der Waals surface area contributed by atoms with Gasteiger partial charge in [0, 0.05) is 0 Å². The Labute approximate surface area is 162 Å². The first-order chi connectivity index (χ1) is 13.0. The molecular formula is C24H32F2O. The molecule has 0 radical (unpaired) electrons. The van der Waals surface area contributed by atoms with Crippen LogP contribution in [0.4, 0.5) is 8.78 Å². The first-order valence-electron chi connectivity index (χ1n) is 10.6. The van der Waals surface area contributed by atoms with Crippen molar-refractivity contribution in [3.05, 3.63) is 29.3 Å². The number of terminal acetylenes is 1. The predicted octanol–water partition coefficient (Wildman–Crippen LogP) is 6.86. The molecule has 0 amide bonds. The summed E-state index contributed by atoms with van der Waals surface area (Å²) in [6.45, 7) is 3.94. The van der Waals surface area contributed by atoms with Crippen LogP contribution < -0.4 is 4.74 Å². The van der Waals surface area contributed by atoms with Gasteiger partial charge in [-0.3, -0.25) is 0 Å². The highest BCUT2D eigenvalue weighted by atomic mass is 19.2. The topological polar surface area (TPSA) is 9.23 Å². The molecule has 1 aromatic rings. The maximum absolute atomic E-state index is 14.6. The van der Waals surface area contributed by atoms with Gasteiger partial charge in [-0.2, -0.15) is 4.39 Å². The zero-order valence-corrected chi connectivity index (χ0v) is 16.6. The Morgan fingerprint density at radius 3 is 2.15 bits per heavy atom. The second kappa shape index (κ2) is 9.09. The van der Waals surface area contributed by atoms with E-state index in [2.05, 4.69) is 12.8 Å². The van der Waals surface area contributed by atoms with E-state index in [1.807, 2.05) is 0 Å². The number of hydrogen-bond donors (Lipinski definition) is 0. The molecule has 2 saturated carbocycles. The van der Waals surface area contributed by atoms with E-state index in [0.29, 0.717) is 5.56 Å². The van der Waals surface area contributed by atoms with Gasteiger partial charge in [-0.25, -0.2) is 4.39 Å². The van der Waals surface area contributed by atoms with Crippen LogP contribution in [0.5, 0.6) is 5.75 Å². The van der Waals surface area contributed by atoms with Gasteiger partial charge in [0.25, 0.3) is 0 Å². The van der Waals surface area contributed by atoms with Crippen LogP contribution in [0.15, 0.2) is 12.1 Å². The summed E-state index contributed by atoms with van der Waals surface area (Å²) >= 11 is 0. The molecule has 1 atom stereocenters. The molecule has 2 aliphatic rings. The van der Waals surface area contributed by atoms with Crippen LogP contribution in [0.1, 0.15) is 83.1 Å². The quantitative estimate of drug-likeness (QED) is 0.512. The van der Waals surface area contributed by atoms with Crippen LogP contribution in [0, 0.1) is 41.7 Å². The third-order valence-corrected chi connectivity index (χ3v) is 6.96. The Morgan fingerprint density at radius 1 is 1.00 bits per heavy atom. The Kier molecular flexibility index (Phi) is 6.79. The molecule has 27 heavy (non-hydrogen) atoms. The Bertz CT molecular complexity index is 662. The van der Waals surface area contributed by atoms with Crippen molar-refractivity contribution in [2.45, 2.75) is 83.7 Å². The number of halogens is 2. The molecule has 3 rings (SSSR count). The molecule has 0 saturated heterocycles. The van der Waals surface area contributed by atoms with Crippen molar-refractivity contribution < 1.29 is 13.5 Å². The third kappa shape index (κ3) is 4.65. The fourth-order valence-corrected chi connectivity index (χ4v) is 5.15. The molecule has 3 heteroatoms. The molecule has 1 unspecified atom stereocenters. The molecule has 0 bridgehead atoms. The minimum absolute atomic E-state index is 0.0944. The van der Waals surface area contributed by atoms with Crippen LogP contribution in [0.25, 0.3) is 0 Å². The zero-order valence-electron chi connectivity index (χ0n) is 16.6. The summed E-state index contributed by atoms with van der Waals surface area (Å²) in [6.07, 6.45) is 15.6. The summed E-state index contributed by atoms with van der Waals surface area (Å²) in [7, 11) is 0. The molecule has 1 nitrogen and oxygen atoms in total. The highest BCUT2D eigenvalue weighted by Gasteiger charge is 2.32. The van der Waals surface area contributed by atoms with E-state index >= 15 is 0 Å². The average Bonchev–Trinajstić information content (AvgIpc) is 2.72. The van der Waals surface area contributed by atoms with Crippen LogP contribution in [0.2, 0.25) is 0 Å². The van der Waals surface area contributed by atoms with Gasteiger partial charge in [-0.1, -0.05) is 38.2 Å². The maximum Gasteiger partial charge on any atom is 0.200 e. The van der Waals surface area contributed by atoms with Crippen LogP contribution >= 0.6 is 0 Å². The van der Waals surface area contributed by atoms with Gasteiger partial charge in [0.1, 0.15) is 0 Å². The van der Waals surface area contributed by atoms with Crippen molar-refractivity contribution >= 4 is 0 Å². The van der Waals surface area contributed by atoms with Gasteiger partial charge in [-0.05, 0) is 80.8 Å². The zero-order chi connectivity index (χ0) is 19.4. The number of hydrogen-bond acceptors (Lipinski definition) is 1. The van der Waals surface area contributed by atoms with Crippen LogP contribution in [0.3, 0.4) is 0 Å². The van der Waals surface area contributed by atoms with E-state index in [1.54, 1.807) is 13.0 Å². The molecule has 148 valence electrons. The fourth-order valence-electron chi connectivity index (χ4n) is 5.15. The van der Waals surface area contributed by atoms with Crippen LogP contribution in [-0.4, -0.2) is 6.10 Å². The Morgan fingerprint density at radius 2 is 1.59 bits per heavy atom. The highest BCUT2D eigenvalue weighted by Crippen LogP contribution is 2.45. The Balaban J connectivity index is 1.59. The second-order valence-electron chi connectivity index (χ2n) is 8.51. The minimum atomic E-state index is -0.908. The van der Waals surface area contributed by atoms with Gasteiger partial charge in [0.15, 0.2) is 17.7 Å². The second-order valence-corrected chi connectivity index (χ2v) is 8.51. The van der Waals surface area contributed by atoms with E-state index in [0.717, 1.165) is 43.4 Å². The van der Waals surface area contributed by atoms with Gasteiger partial charge >= 0.3 is 0 Å². The monoisotopic (exact) mass is 374 g/mol. The predicted molar refractivity (Wildman–Crippen MR) is 106 cm³/mol. The summed E-state index contributed by atoms with van der Waals surface area (Å²) in [5.74, 6) is 3.26. The summed E-state index contributed by atoms with van der Waals surface area (Å²) in [5.41, 5.74) is 0.501. The molecular weight excluding hydrogens is 342 g/mol. The van der Waals surface area contributed by atoms with Gasteiger partial charge in [-0.15, -0.1) is 6.42 Å². The maximum atomic E-state index is 14.6. The smallest absolute Gasteiger partial charge is 0.200 e. The number of benzene rings is 1. The lowest BCUT2D eigenvalue weighted by atomic mass is 9.68. The van der Waals surface area contributed by atoms with Gasteiger partial charge < -0.3 is 4.74 Å². The van der Waals surface area contributed by atoms with Crippen molar-refractivity contribution in [2.75, 3.05) is 0 Å². The lowest BCUT2D eigenvalue weighted by molar-refractivity contribution is 0.157. The average molecular weight is 375 g/mol. The molecule has 0 N–H and O–H groups in total. The number of rotatable bonds is 5. The summed E-state index contributed by atoms with van der Waals surface area (Å²) in [5, 5.41) is 0. The van der Waals surface area contributed by atoms with Crippen molar-refractivity contribution in [3.63, 3.8) is 0 Å².